The number of esters is 1. The van der Waals surface area contributed by atoms with E-state index in [-0.39, 0.29) is 24.9 Å². The van der Waals surface area contributed by atoms with Gasteiger partial charge in [-0.1, -0.05) is 0 Å². The normalized spacial score (nSPS) is 37.7. The Hall–Kier alpha value is -0.710. The van der Waals surface area contributed by atoms with Gasteiger partial charge in [0, 0.05) is 18.9 Å². The first-order valence-electron chi connectivity index (χ1n) is 5.34. The van der Waals surface area contributed by atoms with Gasteiger partial charge in [-0.15, -0.1) is 0 Å². The predicted molar refractivity (Wildman–Crippen MR) is 49.6 cm³/mol. The SMILES string of the molecule is CCOC(=O)C1NCC2[C@@H]1CCC2(F)F. The molecule has 86 valence electrons. The molecule has 0 aromatic rings. The zero-order valence-electron chi connectivity index (χ0n) is 8.63. The second kappa shape index (κ2) is 3.70. The van der Waals surface area contributed by atoms with Gasteiger partial charge < -0.3 is 10.1 Å². The van der Waals surface area contributed by atoms with Gasteiger partial charge in [-0.3, -0.25) is 4.79 Å². The van der Waals surface area contributed by atoms with Gasteiger partial charge in [-0.05, 0) is 19.3 Å². The standard InChI is InChI=1S/C10H15F2NO2/c1-2-15-9(14)8-6-3-4-10(11,12)7(6)5-13-8/h6-8,13H,2-5H2,1H3/t6-,7?,8?/m0/s1. The molecule has 0 radical (unpaired) electrons. The van der Waals surface area contributed by atoms with Crippen molar-refractivity contribution in [3.05, 3.63) is 0 Å². The van der Waals surface area contributed by atoms with Crippen LogP contribution >= 0.6 is 0 Å². The minimum Gasteiger partial charge on any atom is -0.465 e. The molecule has 2 unspecified atom stereocenters. The van der Waals surface area contributed by atoms with Gasteiger partial charge >= 0.3 is 5.97 Å². The number of carbonyl (C=O) groups excluding carboxylic acids is 1. The Labute approximate surface area is 87.2 Å². The Morgan fingerprint density at radius 2 is 2.33 bits per heavy atom. The van der Waals surface area contributed by atoms with Crippen molar-refractivity contribution < 1.29 is 18.3 Å². The molecule has 2 fully saturated rings. The molecule has 5 heteroatoms. The van der Waals surface area contributed by atoms with Crippen LogP contribution in [0.1, 0.15) is 19.8 Å². The van der Waals surface area contributed by atoms with Crippen molar-refractivity contribution in [2.24, 2.45) is 11.8 Å². The number of hydrogen-bond donors (Lipinski definition) is 1. The molecule has 1 saturated carbocycles. The first kappa shape index (κ1) is 10.8. The molecule has 0 amide bonds. The Kier molecular flexibility index (Phi) is 2.66. The van der Waals surface area contributed by atoms with Crippen molar-refractivity contribution in [3.8, 4) is 0 Å². The van der Waals surface area contributed by atoms with Crippen LogP contribution in [0.3, 0.4) is 0 Å². The van der Waals surface area contributed by atoms with Crippen LogP contribution in [-0.4, -0.2) is 31.1 Å². The lowest BCUT2D eigenvalue weighted by Gasteiger charge is -2.17. The van der Waals surface area contributed by atoms with E-state index in [4.69, 9.17) is 4.74 Å². The van der Waals surface area contributed by atoms with E-state index in [1.165, 1.54) is 0 Å². The molecule has 1 aliphatic carbocycles. The number of ether oxygens (including phenoxy) is 1. The van der Waals surface area contributed by atoms with E-state index in [0.29, 0.717) is 13.0 Å². The minimum absolute atomic E-state index is 0.0973. The molecule has 1 heterocycles. The highest BCUT2D eigenvalue weighted by molar-refractivity contribution is 5.76. The van der Waals surface area contributed by atoms with Crippen LogP contribution in [0.15, 0.2) is 0 Å². The minimum atomic E-state index is -2.61. The van der Waals surface area contributed by atoms with Gasteiger partial charge in [0.15, 0.2) is 0 Å². The number of rotatable bonds is 2. The van der Waals surface area contributed by atoms with Crippen LogP contribution in [-0.2, 0) is 9.53 Å². The van der Waals surface area contributed by atoms with Crippen LogP contribution < -0.4 is 5.32 Å². The molecule has 0 aromatic heterocycles. The zero-order valence-corrected chi connectivity index (χ0v) is 8.63. The molecule has 1 aliphatic heterocycles. The fourth-order valence-electron chi connectivity index (χ4n) is 2.65. The summed E-state index contributed by atoms with van der Waals surface area (Å²) in [6, 6.07) is -0.525. The average molecular weight is 219 g/mol. The lowest BCUT2D eigenvalue weighted by molar-refractivity contribution is -0.146. The summed E-state index contributed by atoms with van der Waals surface area (Å²) in [7, 11) is 0. The second-order valence-corrected chi connectivity index (χ2v) is 4.21. The topological polar surface area (TPSA) is 38.3 Å². The van der Waals surface area contributed by atoms with Crippen LogP contribution in [0.4, 0.5) is 8.78 Å². The Bertz CT molecular complexity index is 270. The van der Waals surface area contributed by atoms with Crippen LogP contribution in [0.25, 0.3) is 0 Å². The Morgan fingerprint density at radius 1 is 1.60 bits per heavy atom. The van der Waals surface area contributed by atoms with Crippen molar-refractivity contribution in [3.63, 3.8) is 0 Å². The smallest absolute Gasteiger partial charge is 0.323 e. The average Bonchev–Trinajstić information content (AvgIpc) is 2.69. The third-order valence-electron chi connectivity index (χ3n) is 3.40. The first-order valence-corrected chi connectivity index (χ1v) is 5.34. The predicted octanol–water partition coefficient (Wildman–Crippen LogP) is 1.18. The number of fused-ring (bicyclic) bond motifs is 1. The quantitative estimate of drug-likeness (QED) is 0.709. The van der Waals surface area contributed by atoms with Crippen LogP contribution in [0.2, 0.25) is 0 Å². The molecule has 1 saturated heterocycles. The molecule has 0 aromatic carbocycles. The van der Waals surface area contributed by atoms with Crippen molar-refractivity contribution >= 4 is 5.97 Å². The number of hydrogen-bond acceptors (Lipinski definition) is 3. The molecule has 3 nitrogen and oxygen atoms in total. The molecule has 0 spiro atoms. The van der Waals surface area contributed by atoms with Crippen LogP contribution in [0.5, 0.6) is 0 Å². The largest absolute Gasteiger partial charge is 0.465 e. The summed E-state index contributed by atoms with van der Waals surface area (Å²) in [4.78, 5) is 11.5. The molecule has 15 heavy (non-hydrogen) atoms. The number of nitrogens with one attached hydrogen (secondary N) is 1. The lowest BCUT2D eigenvalue weighted by atomic mass is 9.93. The highest BCUT2D eigenvalue weighted by Gasteiger charge is 2.57. The van der Waals surface area contributed by atoms with E-state index >= 15 is 0 Å². The van der Waals surface area contributed by atoms with E-state index in [1.54, 1.807) is 6.92 Å². The molecule has 2 rings (SSSR count). The summed E-state index contributed by atoms with van der Waals surface area (Å²) in [5.41, 5.74) is 0. The van der Waals surface area contributed by atoms with Gasteiger partial charge in [-0.2, -0.15) is 0 Å². The van der Waals surface area contributed by atoms with E-state index in [0.717, 1.165) is 0 Å². The van der Waals surface area contributed by atoms with Crippen molar-refractivity contribution in [2.75, 3.05) is 13.2 Å². The molecule has 1 N–H and O–H groups in total. The summed E-state index contributed by atoms with van der Waals surface area (Å²) in [5, 5.41) is 2.84. The van der Waals surface area contributed by atoms with Gasteiger partial charge in [-0.25, -0.2) is 8.78 Å². The monoisotopic (exact) mass is 219 g/mol. The van der Waals surface area contributed by atoms with E-state index < -0.39 is 17.9 Å². The van der Waals surface area contributed by atoms with E-state index in [1.807, 2.05) is 0 Å². The van der Waals surface area contributed by atoms with Crippen molar-refractivity contribution in [1.29, 1.82) is 0 Å². The van der Waals surface area contributed by atoms with Gasteiger partial charge in [0.2, 0.25) is 0 Å². The van der Waals surface area contributed by atoms with Crippen molar-refractivity contribution in [1.82, 2.24) is 5.32 Å². The number of alkyl halides is 2. The summed E-state index contributed by atoms with van der Waals surface area (Å²) in [6.07, 6.45) is 0.314. The number of carbonyl (C=O) groups is 1. The van der Waals surface area contributed by atoms with E-state index in [2.05, 4.69) is 5.32 Å². The third kappa shape index (κ3) is 1.73. The molecular formula is C10H15F2NO2. The van der Waals surface area contributed by atoms with E-state index in [9.17, 15) is 13.6 Å². The fraction of sp³-hybridized carbons (Fsp3) is 0.900. The first-order chi connectivity index (χ1) is 7.06. The maximum atomic E-state index is 13.3. The fourth-order valence-corrected chi connectivity index (χ4v) is 2.65. The lowest BCUT2D eigenvalue weighted by Crippen LogP contribution is -2.37. The summed E-state index contributed by atoms with van der Waals surface area (Å²) in [6.45, 7) is 2.24. The third-order valence-corrected chi connectivity index (χ3v) is 3.40. The Morgan fingerprint density at radius 3 is 3.00 bits per heavy atom. The summed E-state index contributed by atoms with van der Waals surface area (Å²) >= 11 is 0. The molecule has 2 aliphatic rings. The summed E-state index contributed by atoms with van der Waals surface area (Å²) < 4.78 is 31.5. The highest BCUT2D eigenvalue weighted by atomic mass is 19.3. The second-order valence-electron chi connectivity index (χ2n) is 4.21. The maximum Gasteiger partial charge on any atom is 0.323 e. The van der Waals surface area contributed by atoms with Crippen LogP contribution in [0, 0.1) is 11.8 Å². The molecular weight excluding hydrogens is 204 g/mol. The zero-order chi connectivity index (χ0) is 11.1. The van der Waals surface area contributed by atoms with Gasteiger partial charge in [0.1, 0.15) is 6.04 Å². The van der Waals surface area contributed by atoms with Crippen molar-refractivity contribution in [2.45, 2.75) is 31.7 Å². The molecule has 0 bridgehead atoms. The maximum absolute atomic E-state index is 13.3. The highest BCUT2D eigenvalue weighted by Crippen LogP contribution is 2.48. The number of halogens is 2. The Balaban J connectivity index is 2.05. The molecule has 3 atom stereocenters. The van der Waals surface area contributed by atoms with Gasteiger partial charge in [0.25, 0.3) is 5.92 Å². The van der Waals surface area contributed by atoms with Gasteiger partial charge in [0.05, 0.1) is 6.61 Å². The summed E-state index contributed by atoms with van der Waals surface area (Å²) in [5.74, 6) is -3.94.